The van der Waals surface area contributed by atoms with Crippen molar-refractivity contribution < 1.29 is 5.11 Å². The van der Waals surface area contributed by atoms with Crippen LogP contribution in [0.3, 0.4) is 0 Å². The molecule has 0 unspecified atom stereocenters. The molecule has 2 N–H and O–H groups in total. The largest absolute Gasteiger partial charge is 0.508 e. The number of phenolic OH excluding ortho intramolecular Hbond substituents is 1. The molecule has 0 aliphatic carbocycles. The van der Waals surface area contributed by atoms with Crippen LogP contribution in [0, 0.1) is 0 Å². The number of aromatic nitrogens is 2. The Morgan fingerprint density at radius 2 is 1.70 bits per heavy atom. The lowest BCUT2D eigenvalue weighted by Crippen LogP contribution is -2.23. The molecule has 0 atom stereocenters. The molecule has 4 aromatic rings. The van der Waals surface area contributed by atoms with E-state index < -0.39 is 0 Å². The number of fused-ring (bicyclic) bond motifs is 2. The Hall–Kier alpha value is -2.86. The number of aromatic hydroxyl groups is 1. The summed E-state index contributed by atoms with van der Waals surface area (Å²) in [5, 5.41) is 14.6. The fraction of sp³-hybridized carbons (Fsp3) is 0.481. The second-order valence-corrected chi connectivity index (χ2v) is 8.93. The summed E-state index contributed by atoms with van der Waals surface area (Å²) in [5.74, 6) is 0.0976. The van der Waals surface area contributed by atoms with Crippen molar-refractivity contribution in [3.05, 3.63) is 46.9 Å². The Kier molecular flexibility index (Phi) is 7.65. The van der Waals surface area contributed by atoms with E-state index in [4.69, 9.17) is 0 Å². The third kappa shape index (κ3) is 5.06. The highest BCUT2D eigenvalue weighted by atomic mass is 16.3. The zero-order valence-electron chi connectivity index (χ0n) is 19.9. The van der Waals surface area contributed by atoms with Gasteiger partial charge in [-0.3, -0.25) is 9.20 Å². The maximum atomic E-state index is 13.3. The maximum absolute atomic E-state index is 13.3. The Balaban J connectivity index is 1.32. The summed E-state index contributed by atoms with van der Waals surface area (Å²) < 4.78 is 1.95. The van der Waals surface area contributed by atoms with E-state index >= 15 is 0 Å². The number of nitrogens with zero attached hydrogens (tertiary/aromatic N) is 3. The average Bonchev–Trinajstić information content (AvgIpc) is 3.26. The van der Waals surface area contributed by atoms with E-state index in [1.165, 1.54) is 45.1 Å². The van der Waals surface area contributed by atoms with Gasteiger partial charge >= 0.3 is 0 Å². The van der Waals surface area contributed by atoms with Crippen molar-refractivity contribution in [1.82, 2.24) is 14.3 Å². The molecule has 0 saturated carbocycles. The molecule has 2 aromatic heterocycles. The van der Waals surface area contributed by atoms with Gasteiger partial charge in [-0.2, -0.15) is 0 Å². The zero-order chi connectivity index (χ0) is 23.2. The van der Waals surface area contributed by atoms with E-state index in [1.54, 1.807) is 24.5 Å². The molecular formula is C27H36N4O2. The van der Waals surface area contributed by atoms with Gasteiger partial charge in [-0.05, 0) is 62.8 Å². The highest BCUT2D eigenvalue weighted by Gasteiger charge is 2.16. The van der Waals surface area contributed by atoms with Crippen LogP contribution in [0.2, 0.25) is 0 Å². The van der Waals surface area contributed by atoms with E-state index in [1.807, 2.05) is 16.5 Å². The minimum atomic E-state index is -0.0632. The predicted molar refractivity (Wildman–Crippen MR) is 138 cm³/mol. The van der Waals surface area contributed by atoms with Crippen LogP contribution in [-0.4, -0.2) is 45.6 Å². The summed E-state index contributed by atoms with van der Waals surface area (Å²) in [6, 6.07) is 8.85. The first-order valence-corrected chi connectivity index (χ1v) is 12.5. The van der Waals surface area contributed by atoms with Gasteiger partial charge in [0.1, 0.15) is 12.1 Å². The fourth-order valence-electron chi connectivity index (χ4n) is 4.82. The quantitative estimate of drug-likeness (QED) is 0.205. The first-order valence-electron chi connectivity index (χ1n) is 12.5. The lowest BCUT2D eigenvalue weighted by molar-refractivity contribution is 0.295. The van der Waals surface area contributed by atoms with Crippen molar-refractivity contribution in [1.29, 1.82) is 0 Å². The van der Waals surface area contributed by atoms with Gasteiger partial charge in [0.25, 0.3) is 0 Å². The van der Waals surface area contributed by atoms with E-state index in [9.17, 15) is 9.90 Å². The van der Waals surface area contributed by atoms with E-state index in [0.717, 1.165) is 48.3 Å². The molecule has 2 heterocycles. The van der Waals surface area contributed by atoms with Crippen LogP contribution in [0.1, 0.15) is 58.8 Å². The number of imidazole rings is 1. The smallest absolute Gasteiger partial charge is 0.199 e. The second-order valence-electron chi connectivity index (χ2n) is 8.93. The number of hydrogen-bond donors (Lipinski definition) is 2. The van der Waals surface area contributed by atoms with E-state index in [-0.39, 0.29) is 11.2 Å². The van der Waals surface area contributed by atoms with Crippen molar-refractivity contribution in [2.45, 2.75) is 58.8 Å². The molecule has 0 aliphatic rings. The Morgan fingerprint density at radius 3 is 2.45 bits per heavy atom. The number of pyridine rings is 1. The number of nitrogens with one attached hydrogen (secondary N) is 1. The SMILES string of the molecule is CCN(CC)CCCCCCCCCNc1ccc2ncn3c4ccc(O)cc4c(=O)c1c23. The second kappa shape index (κ2) is 10.8. The van der Waals surface area contributed by atoms with E-state index in [2.05, 4.69) is 29.0 Å². The minimum Gasteiger partial charge on any atom is -0.508 e. The highest BCUT2D eigenvalue weighted by molar-refractivity contribution is 6.07. The predicted octanol–water partition coefficient (Wildman–Crippen LogP) is 5.63. The van der Waals surface area contributed by atoms with Crippen molar-refractivity contribution in [2.24, 2.45) is 0 Å². The van der Waals surface area contributed by atoms with Gasteiger partial charge in [-0.1, -0.05) is 46.0 Å². The van der Waals surface area contributed by atoms with Crippen LogP contribution in [0.15, 0.2) is 41.5 Å². The van der Waals surface area contributed by atoms with Gasteiger partial charge in [0, 0.05) is 12.2 Å². The van der Waals surface area contributed by atoms with Gasteiger partial charge in [0.2, 0.25) is 0 Å². The summed E-state index contributed by atoms with van der Waals surface area (Å²) >= 11 is 0. The van der Waals surface area contributed by atoms with Crippen LogP contribution in [-0.2, 0) is 0 Å². The topological polar surface area (TPSA) is 69.9 Å². The first kappa shape index (κ1) is 23.3. The number of anilines is 1. The lowest BCUT2D eigenvalue weighted by atomic mass is 10.1. The fourth-order valence-corrected chi connectivity index (χ4v) is 4.82. The zero-order valence-corrected chi connectivity index (χ0v) is 19.9. The number of benzene rings is 2. The normalized spacial score (nSPS) is 12.0. The monoisotopic (exact) mass is 448 g/mol. The summed E-state index contributed by atoms with van der Waals surface area (Å²) in [6.07, 6.45) is 10.5. The third-order valence-corrected chi connectivity index (χ3v) is 6.78. The maximum Gasteiger partial charge on any atom is 0.199 e. The highest BCUT2D eigenvalue weighted by Crippen LogP contribution is 2.29. The number of unbranched alkanes of at least 4 members (excludes halogenated alkanes) is 6. The standard InChI is InChI=1S/C27H36N4O2/c1-3-30(4-2)17-11-9-7-5-6-8-10-16-28-22-13-14-23-26-25(22)27(33)21-18-20(32)12-15-24(21)31(26)19-29-23/h12-15,18-19,28,32H,3-11,16-17H2,1-2H3. The van der Waals surface area contributed by atoms with Gasteiger partial charge in [0.15, 0.2) is 5.43 Å². The van der Waals surface area contributed by atoms with E-state index in [0.29, 0.717) is 10.8 Å². The molecule has 0 bridgehead atoms. The van der Waals surface area contributed by atoms with Crippen molar-refractivity contribution in [2.75, 3.05) is 31.5 Å². The van der Waals surface area contributed by atoms with Crippen molar-refractivity contribution in [3.63, 3.8) is 0 Å². The van der Waals surface area contributed by atoms with Crippen LogP contribution < -0.4 is 10.7 Å². The molecule has 4 rings (SSSR count). The van der Waals surface area contributed by atoms with Crippen LogP contribution in [0.25, 0.3) is 27.3 Å². The minimum absolute atomic E-state index is 0.0632. The molecule has 6 heteroatoms. The molecule has 0 amide bonds. The third-order valence-electron chi connectivity index (χ3n) is 6.78. The van der Waals surface area contributed by atoms with Gasteiger partial charge in [-0.25, -0.2) is 4.98 Å². The van der Waals surface area contributed by atoms with Gasteiger partial charge < -0.3 is 15.3 Å². The molecule has 0 saturated heterocycles. The molecule has 0 radical (unpaired) electrons. The molecular weight excluding hydrogens is 412 g/mol. The Morgan fingerprint density at radius 1 is 0.970 bits per heavy atom. The summed E-state index contributed by atoms with van der Waals surface area (Å²) in [5.41, 5.74) is 3.20. The molecule has 0 aliphatic heterocycles. The molecule has 2 aromatic carbocycles. The summed E-state index contributed by atoms with van der Waals surface area (Å²) in [4.78, 5) is 20.3. The number of rotatable bonds is 13. The first-order chi connectivity index (χ1) is 16.1. The number of phenols is 1. The Bertz CT molecular complexity index is 1250. The molecule has 176 valence electrons. The van der Waals surface area contributed by atoms with Gasteiger partial charge in [0.05, 0.1) is 27.3 Å². The summed E-state index contributed by atoms with van der Waals surface area (Å²) in [6.45, 7) is 8.85. The number of hydrogen-bond acceptors (Lipinski definition) is 5. The van der Waals surface area contributed by atoms with Gasteiger partial charge in [-0.15, -0.1) is 0 Å². The van der Waals surface area contributed by atoms with Crippen LogP contribution in [0.4, 0.5) is 5.69 Å². The van der Waals surface area contributed by atoms with Crippen LogP contribution in [0.5, 0.6) is 5.75 Å². The molecule has 33 heavy (non-hydrogen) atoms. The molecule has 6 nitrogen and oxygen atoms in total. The lowest BCUT2D eigenvalue weighted by Gasteiger charge is -2.17. The van der Waals surface area contributed by atoms with Crippen molar-refractivity contribution in [3.8, 4) is 5.75 Å². The summed E-state index contributed by atoms with van der Waals surface area (Å²) in [7, 11) is 0. The Labute approximate surface area is 195 Å². The van der Waals surface area contributed by atoms with Crippen molar-refractivity contribution >= 4 is 33.0 Å². The average molecular weight is 449 g/mol. The molecule has 0 spiro atoms. The van der Waals surface area contributed by atoms with Crippen LogP contribution >= 0.6 is 0 Å². The molecule has 0 fully saturated rings.